The van der Waals surface area contributed by atoms with Crippen molar-refractivity contribution in [3.05, 3.63) is 82.4 Å². The molecule has 2 N–H and O–H groups in total. The molecule has 0 unspecified atom stereocenters. The van der Waals surface area contributed by atoms with Crippen LogP contribution in [0.25, 0.3) is 0 Å². The molecule has 0 atom stereocenters. The van der Waals surface area contributed by atoms with Crippen LogP contribution in [0.15, 0.2) is 42.6 Å². The van der Waals surface area contributed by atoms with E-state index in [4.69, 9.17) is 0 Å². The van der Waals surface area contributed by atoms with E-state index in [-0.39, 0.29) is 11.4 Å². The van der Waals surface area contributed by atoms with Crippen LogP contribution >= 0.6 is 0 Å². The van der Waals surface area contributed by atoms with Gasteiger partial charge in [0.2, 0.25) is 0 Å². The molecule has 0 amide bonds. The van der Waals surface area contributed by atoms with Gasteiger partial charge in [-0.2, -0.15) is 0 Å². The van der Waals surface area contributed by atoms with E-state index in [1.54, 1.807) is 44.3 Å². The highest BCUT2D eigenvalue weighted by atomic mass is 19.1. The molecule has 30 heavy (non-hydrogen) atoms. The zero-order valence-electron chi connectivity index (χ0n) is 16.9. The molecule has 3 rings (SSSR count). The summed E-state index contributed by atoms with van der Waals surface area (Å²) in [5.74, 6) is 5.53. The van der Waals surface area contributed by atoms with Gasteiger partial charge < -0.3 is 15.0 Å². The minimum Gasteiger partial charge on any atom is -0.478 e. The minimum atomic E-state index is -0.974. The summed E-state index contributed by atoms with van der Waals surface area (Å²) in [5.41, 5.74) is 3.48. The van der Waals surface area contributed by atoms with Crippen LogP contribution in [0, 0.1) is 24.6 Å². The highest BCUT2D eigenvalue weighted by Gasteiger charge is 2.11. The van der Waals surface area contributed by atoms with Crippen LogP contribution in [-0.4, -0.2) is 25.6 Å². The largest absolute Gasteiger partial charge is 0.478 e. The smallest absolute Gasteiger partial charge is 0.335 e. The number of aromatic nitrogens is 3. The van der Waals surface area contributed by atoms with Crippen molar-refractivity contribution >= 4 is 5.97 Å². The highest BCUT2D eigenvalue weighted by Crippen LogP contribution is 2.13. The van der Waals surface area contributed by atoms with Crippen LogP contribution in [0.5, 0.6) is 0 Å². The van der Waals surface area contributed by atoms with Gasteiger partial charge in [-0.3, -0.25) is 4.98 Å². The molecule has 2 heterocycles. The van der Waals surface area contributed by atoms with E-state index in [1.165, 1.54) is 12.1 Å². The molecule has 0 aliphatic rings. The number of carboxylic acids is 1. The molecule has 1 aromatic carbocycles. The summed E-state index contributed by atoms with van der Waals surface area (Å²) in [6.07, 6.45) is 2.38. The predicted octanol–water partition coefficient (Wildman–Crippen LogP) is 3.33. The molecular formula is C23H23FN4O2. The van der Waals surface area contributed by atoms with E-state index in [1.807, 2.05) is 0 Å². The number of rotatable bonds is 8. The van der Waals surface area contributed by atoms with E-state index >= 15 is 0 Å². The second-order valence-corrected chi connectivity index (χ2v) is 6.88. The van der Waals surface area contributed by atoms with Gasteiger partial charge >= 0.3 is 5.97 Å². The minimum absolute atomic E-state index is 0.220. The monoisotopic (exact) mass is 406 g/mol. The van der Waals surface area contributed by atoms with Crippen molar-refractivity contribution in [1.82, 2.24) is 19.9 Å². The number of imidazole rings is 1. The van der Waals surface area contributed by atoms with E-state index < -0.39 is 5.97 Å². The van der Waals surface area contributed by atoms with Crippen molar-refractivity contribution < 1.29 is 14.3 Å². The molecule has 6 nitrogen and oxygen atoms in total. The average Bonchev–Trinajstić information content (AvgIpc) is 3.09. The van der Waals surface area contributed by atoms with Crippen molar-refractivity contribution in [2.75, 3.05) is 0 Å². The summed E-state index contributed by atoms with van der Waals surface area (Å²) < 4.78 is 15.3. The quantitative estimate of drug-likeness (QED) is 0.561. The lowest BCUT2D eigenvalue weighted by Gasteiger charge is -2.12. The number of carbonyl (C=O) groups is 1. The molecule has 154 valence electrons. The number of halogens is 1. The Hall–Kier alpha value is -3.50. The van der Waals surface area contributed by atoms with E-state index in [0.29, 0.717) is 37.4 Å². The van der Waals surface area contributed by atoms with Crippen molar-refractivity contribution in [2.24, 2.45) is 0 Å². The predicted molar refractivity (Wildman–Crippen MR) is 111 cm³/mol. The number of aryl methyl sites for hydroxylation is 1. The first-order valence-electron chi connectivity index (χ1n) is 9.55. The van der Waals surface area contributed by atoms with Crippen LogP contribution in [0.2, 0.25) is 0 Å². The first kappa shape index (κ1) is 21.2. The van der Waals surface area contributed by atoms with Gasteiger partial charge in [-0.1, -0.05) is 18.1 Å². The summed E-state index contributed by atoms with van der Waals surface area (Å²) in [4.78, 5) is 20.1. The van der Waals surface area contributed by atoms with Crippen molar-refractivity contribution in [1.29, 1.82) is 0 Å². The van der Waals surface area contributed by atoms with Gasteiger partial charge in [-0.05, 0) is 43.7 Å². The SMILES string of the molecule is CC#CCc1cnc(CNCc2cc(C(=O)O)cc(C)n2)n1Cc1ccc(F)cc1. The van der Waals surface area contributed by atoms with Crippen molar-refractivity contribution in [2.45, 2.75) is 39.9 Å². The Morgan fingerprint density at radius 1 is 1.23 bits per heavy atom. The Morgan fingerprint density at radius 3 is 2.70 bits per heavy atom. The number of benzene rings is 1. The highest BCUT2D eigenvalue weighted by molar-refractivity contribution is 5.87. The Balaban J connectivity index is 1.75. The van der Waals surface area contributed by atoms with Gasteiger partial charge in [0.25, 0.3) is 0 Å². The fraction of sp³-hybridized carbons (Fsp3) is 0.261. The maximum atomic E-state index is 13.2. The third-order valence-corrected chi connectivity index (χ3v) is 4.56. The molecule has 0 bridgehead atoms. The zero-order chi connectivity index (χ0) is 21.5. The first-order chi connectivity index (χ1) is 14.5. The van der Waals surface area contributed by atoms with Gasteiger partial charge in [0.05, 0.1) is 24.2 Å². The molecule has 0 aliphatic heterocycles. The van der Waals surface area contributed by atoms with E-state index in [9.17, 15) is 14.3 Å². The first-order valence-corrected chi connectivity index (χ1v) is 9.55. The van der Waals surface area contributed by atoms with E-state index in [0.717, 1.165) is 17.1 Å². The number of hydrogen-bond acceptors (Lipinski definition) is 4. The summed E-state index contributed by atoms with van der Waals surface area (Å²) in [6, 6.07) is 9.51. The molecule has 0 aliphatic carbocycles. The second-order valence-electron chi connectivity index (χ2n) is 6.88. The maximum absolute atomic E-state index is 13.2. The summed E-state index contributed by atoms with van der Waals surface area (Å²) >= 11 is 0. The molecule has 0 saturated carbocycles. The number of aromatic carboxylic acids is 1. The topological polar surface area (TPSA) is 80.0 Å². The number of pyridine rings is 1. The fourth-order valence-electron chi connectivity index (χ4n) is 3.13. The second kappa shape index (κ2) is 9.81. The Labute approximate surface area is 174 Å². The average molecular weight is 406 g/mol. The normalized spacial score (nSPS) is 10.5. The van der Waals surface area contributed by atoms with Gasteiger partial charge in [0.15, 0.2) is 0 Å². The van der Waals surface area contributed by atoms with Crippen LogP contribution in [0.1, 0.15) is 45.8 Å². The molecule has 0 fully saturated rings. The van der Waals surface area contributed by atoms with Gasteiger partial charge in [-0.25, -0.2) is 14.2 Å². The molecule has 7 heteroatoms. The number of carboxylic acid groups (broad SMARTS) is 1. The number of nitrogens with zero attached hydrogens (tertiary/aromatic N) is 3. The molecule has 2 aromatic heterocycles. The Bertz CT molecular complexity index is 1090. The molecule has 0 saturated heterocycles. The Morgan fingerprint density at radius 2 is 2.00 bits per heavy atom. The fourth-order valence-corrected chi connectivity index (χ4v) is 3.13. The van der Waals surface area contributed by atoms with Crippen LogP contribution in [-0.2, 0) is 26.1 Å². The number of nitrogens with one attached hydrogen (secondary N) is 1. The third kappa shape index (κ3) is 5.52. The van der Waals surface area contributed by atoms with Gasteiger partial charge in [0, 0.05) is 30.7 Å². The Kier molecular flexibility index (Phi) is 6.94. The van der Waals surface area contributed by atoms with Gasteiger partial charge in [0.1, 0.15) is 11.6 Å². The lowest BCUT2D eigenvalue weighted by Crippen LogP contribution is -2.19. The van der Waals surface area contributed by atoms with Crippen LogP contribution in [0.4, 0.5) is 4.39 Å². The molecular weight excluding hydrogens is 383 g/mol. The lowest BCUT2D eigenvalue weighted by atomic mass is 10.2. The number of hydrogen-bond donors (Lipinski definition) is 2. The zero-order valence-corrected chi connectivity index (χ0v) is 16.9. The third-order valence-electron chi connectivity index (χ3n) is 4.56. The van der Waals surface area contributed by atoms with Gasteiger partial charge in [-0.15, -0.1) is 5.92 Å². The van der Waals surface area contributed by atoms with Crippen LogP contribution < -0.4 is 5.32 Å². The lowest BCUT2D eigenvalue weighted by molar-refractivity contribution is 0.0696. The summed E-state index contributed by atoms with van der Waals surface area (Å²) in [5, 5.41) is 12.5. The maximum Gasteiger partial charge on any atom is 0.335 e. The molecule has 0 radical (unpaired) electrons. The summed E-state index contributed by atoms with van der Waals surface area (Å²) in [6.45, 7) is 5.01. The molecule has 0 spiro atoms. The standard InChI is InChI=1S/C23H23FN4O2/c1-3-4-5-21-13-26-22(28(21)15-17-6-8-19(24)9-7-17)14-25-12-20-11-18(23(29)30)10-16(2)27-20/h6-11,13,25H,5,12,14-15H2,1-2H3,(H,29,30). The van der Waals surface area contributed by atoms with Crippen molar-refractivity contribution in [3.63, 3.8) is 0 Å². The van der Waals surface area contributed by atoms with Crippen LogP contribution in [0.3, 0.4) is 0 Å². The summed E-state index contributed by atoms with van der Waals surface area (Å²) in [7, 11) is 0. The van der Waals surface area contributed by atoms with E-state index in [2.05, 4.69) is 31.7 Å². The van der Waals surface area contributed by atoms with Crippen molar-refractivity contribution in [3.8, 4) is 11.8 Å². The molecule has 3 aromatic rings.